The molecule has 1 N–H and O–H groups in total. The van der Waals surface area contributed by atoms with Crippen molar-refractivity contribution in [3.63, 3.8) is 0 Å². The molecule has 0 unspecified atom stereocenters. The standard InChI is InChI=1S/C17H19N3O4/c1-12-3-6-15(20(22)23)16(9-12)24-8-7-17(21)19-11-14-5-4-13(2)18-10-14/h3-6,9-10H,7-8,11H2,1-2H3,(H,19,21). The lowest BCUT2D eigenvalue weighted by Crippen LogP contribution is -2.24. The van der Waals surface area contributed by atoms with Crippen LogP contribution in [0.3, 0.4) is 0 Å². The minimum atomic E-state index is -0.501. The summed E-state index contributed by atoms with van der Waals surface area (Å²) in [5, 5.41) is 13.7. The van der Waals surface area contributed by atoms with Gasteiger partial charge in [0.15, 0.2) is 5.75 Å². The zero-order valence-electron chi connectivity index (χ0n) is 13.6. The smallest absolute Gasteiger partial charge is 0.310 e. The Morgan fingerprint density at radius 1 is 1.29 bits per heavy atom. The van der Waals surface area contributed by atoms with E-state index in [0.29, 0.717) is 6.54 Å². The number of amides is 1. The summed E-state index contributed by atoms with van der Waals surface area (Å²) in [5.74, 6) is -0.0126. The predicted octanol–water partition coefficient (Wildman–Crippen LogP) is 2.69. The third kappa shape index (κ3) is 5.05. The number of aryl methyl sites for hydroxylation is 2. The number of aromatic nitrogens is 1. The molecule has 0 atom stereocenters. The van der Waals surface area contributed by atoms with Gasteiger partial charge in [-0.1, -0.05) is 12.1 Å². The molecule has 0 saturated carbocycles. The van der Waals surface area contributed by atoms with Crippen LogP contribution in [0, 0.1) is 24.0 Å². The number of nitrogens with zero attached hydrogens (tertiary/aromatic N) is 2. The molecule has 1 amide bonds. The van der Waals surface area contributed by atoms with E-state index in [4.69, 9.17) is 4.74 Å². The van der Waals surface area contributed by atoms with Crippen LogP contribution in [-0.4, -0.2) is 22.4 Å². The quantitative estimate of drug-likeness (QED) is 0.622. The third-order valence-electron chi connectivity index (χ3n) is 3.36. The first kappa shape index (κ1) is 17.4. The number of hydrogen-bond donors (Lipinski definition) is 1. The lowest BCUT2D eigenvalue weighted by atomic mass is 10.2. The first-order valence-corrected chi connectivity index (χ1v) is 7.52. The maximum Gasteiger partial charge on any atom is 0.310 e. The molecule has 2 rings (SSSR count). The molecular formula is C17H19N3O4. The lowest BCUT2D eigenvalue weighted by Gasteiger charge is -2.08. The van der Waals surface area contributed by atoms with Crippen molar-refractivity contribution in [2.75, 3.05) is 6.61 Å². The maximum atomic E-state index is 11.8. The van der Waals surface area contributed by atoms with E-state index >= 15 is 0 Å². The van der Waals surface area contributed by atoms with E-state index in [0.717, 1.165) is 16.8 Å². The van der Waals surface area contributed by atoms with E-state index in [2.05, 4.69) is 10.3 Å². The van der Waals surface area contributed by atoms with Crippen LogP contribution in [0.4, 0.5) is 5.69 Å². The van der Waals surface area contributed by atoms with Gasteiger partial charge in [0, 0.05) is 24.5 Å². The number of carbonyl (C=O) groups is 1. The summed E-state index contributed by atoms with van der Waals surface area (Å²) in [5.41, 5.74) is 2.57. The average Bonchev–Trinajstić information content (AvgIpc) is 2.54. The Balaban J connectivity index is 1.81. The largest absolute Gasteiger partial charge is 0.486 e. The topological polar surface area (TPSA) is 94.4 Å². The summed E-state index contributed by atoms with van der Waals surface area (Å²) in [6, 6.07) is 8.41. The fraction of sp³-hybridized carbons (Fsp3) is 0.294. The van der Waals surface area contributed by atoms with E-state index in [1.807, 2.05) is 26.0 Å². The Hall–Kier alpha value is -2.96. The number of rotatable bonds is 7. The van der Waals surface area contributed by atoms with Gasteiger partial charge in [-0.05, 0) is 37.1 Å². The SMILES string of the molecule is Cc1ccc([N+](=O)[O-])c(OCCC(=O)NCc2ccc(C)nc2)c1. The second kappa shape index (κ2) is 8.05. The third-order valence-corrected chi connectivity index (χ3v) is 3.36. The van der Waals surface area contributed by atoms with Gasteiger partial charge in [0.25, 0.3) is 0 Å². The minimum absolute atomic E-state index is 0.0717. The number of pyridine rings is 1. The van der Waals surface area contributed by atoms with Crippen molar-refractivity contribution < 1.29 is 14.5 Å². The molecule has 7 nitrogen and oxygen atoms in total. The monoisotopic (exact) mass is 329 g/mol. The Morgan fingerprint density at radius 2 is 2.08 bits per heavy atom. The van der Waals surface area contributed by atoms with E-state index in [1.165, 1.54) is 6.07 Å². The number of nitro benzene ring substituents is 1. The molecule has 0 bridgehead atoms. The van der Waals surface area contributed by atoms with Crippen molar-refractivity contribution in [3.05, 3.63) is 63.5 Å². The van der Waals surface area contributed by atoms with Crippen LogP contribution in [0.1, 0.15) is 23.2 Å². The zero-order valence-corrected chi connectivity index (χ0v) is 13.6. The number of nitrogens with one attached hydrogen (secondary N) is 1. The van der Waals surface area contributed by atoms with Gasteiger partial charge in [0.05, 0.1) is 18.0 Å². The first-order valence-electron chi connectivity index (χ1n) is 7.52. The average molecular weight is 329 g/mol. The number of hydrogen-bond acceptors (Lipinski definition) is 5. The molecule has 126 valence electrons. The number of ether oxygens (including phenoxy) is 1. The summed E-state index contributed by atoms with van der Waals surface area (Å²) in [4.78, 5) is 26.4. The van der Waals surface area contributed by atoms with Crippen molar-refractivity contribution >= 4 is 11.6 Å². The molecule has 1 aromatic carbocycles. The highest BCUT2D eigenvalue weighted by Gasteiger charge is 2.15. The highest BCUT2D eigenvalue weighted by atomic mass is 16.6. The molecule has 1 heterocycles. The molecular weight excluding hydrogens is 310 g/mol. The van der Waals surface area contributed by atoms with Crippen molar-refractivity contribution in [3.8, 4) is 5.75 Å². The van der Waals surface area contributed by atoms with Crippen LogP contribution in [0.5, 0.6) is 5.75 Å². The first-order chi connectivity index (χ1) is 11.5. The second-order valence-electron chi connectivity index (χ2n) is 5.41. The Morgan fingerprint density at radius 3 is 2.75 bits per heavy atom. The van der Waals surface area contributed by atoms with E-state index in [-0.39, 0.29) is 30.4 Å². The molecule has 7 heteroatoms. The zero-order chi connectivity index (χ0) is 17.5. The molecule has 0 spiro atoms. The Bertz CT molecular complexity index is 729. The number of carbonyl (C=O) groups excluding carboxylic acids is 1. The fourth-order valence-electron chi connectivity index (χ4n) is 2.03. The van der Waals surface area contributed by atoms with Gasteiger partial charge in [-0.25, -0.2) is 0 Å². The summed E-state index contributed by atoms with van der Waals surface area (Å²) < 4.78 is 5.40. The minimum Gasteiger partial charge on any atom is -0.486 e. The molecule has 0 radical (unpaired) electrons. The van der Waals surface area contributed by atoms with Gasteiger partial charge in [-0.3, -0.25) is 19.9 Å². The van der Waals surface area contributed by atoms with Gasteiger partial charge in [-0.2, -0.15) is 0 Å². The summed E-state index contributed by atoms with van der Waals surface area (Å²) in [6.07, 6.45) is 1.83. The van der Waals surface area contributed by atoms with Gasteiger partial charge >= 0.3 is 5.69 Å². The van der Waals surface area contributed by atoms with Crippen LogP contribution in [0.2, 0.25) is 0 Å². The van der Waals surface area contributed by atoms with Crippen LogP contribution >= 0.6 is 0 Å². The van der Waals surface area contributed by atoms with Gasteiger partial charge in [0.1, 0.15) is 0 Å². The van der Waals surface area contributed by atoms with E-state index in [1.54, 1.807) is 18.3 Å². The van der Waals surface area contributed by atoms with Crippen LogP contribution < -0.4 is 10.1 Å². The Kier molecular flexibility index (Phi) is 5.83. The van der Waals surface area contributed by atoms with Gasteiger partial charge in [0.2, 0.25) is 5.91 Å². The highest BCUT2D eigenvalue weighted by Crippen LogP contribution is 2.27. The Labute approximate surface area is 139 Å². The fourth-order valence-corrected chi connectivity index (χ4v) is 2.03. The molecule has 0 aliphatic rings. The van der Waals surface area contributed by atoms with Crippen molar-refractivity contribution in [2.24, 2.45) is 0 Å². The predicted molar refractivity (Wildman–Crippen MR) is 88.8 cm³/mol. The van der Waals surface area contributed by atoms with Crippen molar-refractivity contribution in [1.82, 2.24) is 10.3 Å². The molecule has 2 aromatic rings. The van der Waals surface area contributed by atoms with Crippen molar-refractivity contribution in [2.45, 2.75) is 26.8 Å². The van der Waals surface area contributed by atoms with Crippen molar-refractivity contribution in [1.29, 1.82) is 0 Å². The molecule has 0 saturated heterocycles. The van der Waals surface area contributed by atoms with Crippen LogP contribution in [-0.2, 0) is 11.3 Å². The summed E-state index contributed by atoms with van der Waals surface area (Å²) in [6.45, 7) is 4.17. The van der Waals surface area contributed by atoms with E-state index < -0.39 is 4.92 Å². The number of benzene rings is 1. The lowest BCUT2D eigenvalue weighted by molar-refractivity contribution is -0.385. The molecule has 0 aliphatic heterocycles. The molecule has 0 fully saturated rings. The molecule has 1 aromatic heterocycles. The van der Waals surface area contributed by atoms with Crippen LogP contribution in [0.25, 0.3) is 0 Å². The summed E-state index contributed by atoms with van der Waals surface area (Å²) >= 11 is 0. The normalized spacial score (nSPS) is 10.2. The summed E-state index contributed by atoms with van der Waals surface area (Å²) in [7, 11) is 0. The second-order valence-corrected chi connectivity index (χ2v) is 5.41. The van der Waals surface area contributed by atoms with Gasteiger partial charge in [-0.15, -0.1) is 0 Å². The van der Waals surface area contributed by atoms with Gasteiger partial charge < -0.3 is 10.1 Å². The molecule has 24 heavy (non-hydrogen) atoms. The highest BCUT2D eigenvalue weighted by molar-refractivity contribution is 5.76. The number of nitro groups is 1. The van der Waals surface area contributed by atoms with Crippen LogP contribution in [0.15, 0.2) is 36.5 Å². The molecule has 0 aliphatic carbocycles. The van der Waals surface area contributed by atoms with E-state index in [9.17, 15) is 14.9 Å². The maximum absolute atomic E-state index is 11.8.